The first kappa shape index (κ1) is 33.9. The molecule has 1 aliphatic carbocycles. The third-order valence-corrected chi connectivity index (χ3v) is 8.16. The molecule has 2 aromatic carbocycles. The number of hydrogen-bond donors (Lipinski definition) is 5. The Hall–Kier alpha value is -5.44. The van der Waals surface area contributed by atoms with Gasteiger partial charge in [0.2, 0.25) is 11.7 Å². The van der Waals surface area contributed by atoms with Crippen LogP contribution in [0.1, 0.15) is 52.0 Å². The summed E-state index contributed by atoms with van der Waals surface area (Å²) < 4.78 is 5.33. The van der Waals surface area contributed by atoms with Gasteiger partial charge in [-0.25, -0.2) is 14.5 Å². The van der Waals surface area contributed by atoms with E-state index in [2.05, 4.69) is 35.9 Å². The Labute approximate surface area is 275 Å². The fourth-order valence-electron chi connectivity index (χ4n) is 5.70. The molecule has 1 atom stereocenters. The SMILES string of the molecule is CC(C)(C)OC(=O)NC[C@H]1CC[C@H](C(=O)N(C(=O)[C@@H](N)Cc2ccc(-c3c[nH]c(=O)[nH]c3=O)cc2)c2ccc(-c3nn[nH]n3)cc2)CC1. The fourth-order valence-corrected chi connectivity index (χ4v) is 5.70. The van der Waals surface area contributed by atoms with E-state index in [4.69, 9.17) is 10.5 Å². The molecule has 15 nitrogen and oxygen atoms in total. The number of carbonyl (C=O) groups is 3. The Morgan fingerprint density at radius 1 is 1.00 bits per heavy atom. The minimum Gasteiger partial charge on any atom is -0.444 e. The third kappa shape index (κ3) is 8.47. The third-order valence-electron chi connectivity index (χ3n) is 8.16. The first-order valence-corrected chi connectivity index (χ1v) is 15.7. The van der Waals surface area contributed by atoms with Crippen molar-refractivity contribution in [3.05, 3.63) is 81.1 Å². The number of ether oxygens (including phenoxy) is 1. The molecule has 15 heteroatoms. The second-order valence-corrected chi connectivity index (χ2v) is 12.9. The van der Waals surface area contributed by atoms with Crippen LogP contribution in [-0.2, 0) is 20.7 Å². The maximum Gasteiger partial charge on any atom is 0.407 e. The molecular formula is C33H39N9O6. The average Bonchev–Trinajstić information content (AvgIpc) is 3.59. The summed E-state index contributed by atoms with van der Waals surface area (Å²) in [5.41, 5.74) is 7.35. The molecule has 48 heavy (non-hydrogen) atoms. The van der Waals surface area contributed by atoms with E-state index in [1.807, 2.05) is 0 Å². The van der Waals surface area contributed by atoms with E-state index in [0.29, 0.717) is 54.9 Å². The number of amides is 3. The van der Waals surface area contributed by atoms with E-state index in [0.717, 1.165) is 5.56 Å². The Kier molecular flexibility index (Phi) is 10.3. The van der Waals surface area contributed by atoms with E-state index in [1.54, 1.807) is 69.3 Å². The first-order chi connectivity index (χ1) is 22.9. The highest BCUT2D eigenvalue weighted by Gasteiger charge is 2.35. The van der Waals surface area contributed by atoms with Crippen molar-refractivity contribution in [2.24, 2.45) is 17.6 Å². The lowest BCUT2D eigenvalue weighted by Crippen LogP contribution is -2.50. The van der Waals surface area contributed by atoms with Crippen molar-refractivity contribution >= 4 is 23.6 Å². The predicted molar refractivity (Wildman–Crippen MR) is 177 cm³/mol. The number of nitrogens with two attached hydrogens (primary N) is 1. The molecule has 1 aliphatic rings. The standard InChI is InChI=1S/C33H39N9O6/c1-33(2,3)48-32(47)36-17-20-6-10-23(11-7-20)29(44)42(24-14-12-22(13-15-24)27-38-40-41-39-27)30(45)26(34)16-19-4-8-21(9-5-19)25-18-35-31(46)37-28(25)43/h4-5,8-9,12-15,18,20,23,26H,6-7,10-11,16-17,34H2,1-3H3,(H,36,47)(H2,35,37,43,46)(H,38,39,40,41)/t20-,23-,26-/m0/s1. The number of carbonyl (C=O) groups excluding carboxylic acids is 3. The van der Waals surface area contributed by atoms with Crippen molar-refractivity contribution in [1.29, 1.82) is 0 Å². The maximum absolute atomic E-state index is 14.1. The molecule has 0 aliphatic heterocycles. The summed E-state index contributed by atoms with van der Waals surface area (Å²) in [5.74, 6) is -0.758. The van der Waals surface area contributed by atoms with Gasteiger partial charge in [0.25, 0.3) is 11.5 Å². The van der Waals surface area contributed by atoms with Gasteiger partial charge in [0, 0.05) is 24.2 Å². The van der Waals surface area contributed by atoms with Crippen LogP contribution in [-0.4, -0.2) is 66.7 Å². The van der Waals surface area contributed by atoms with Crippen molar-refractivity contribution in [1.82, 2.24) is 35.9 Å². The second-order valence-electron chi connectivity index (χ2n) is 12.9. The molecule has 3 amide bonds. The highest BCUT2D eigenvalue weighted by atomic mass is 16.6. The molecule has 0 saturated heterocycles. The summed E-state index contributed by atoms with van der Waals surface area (Å²) in [5, 5.41) is 16.8. The fraction of sp³-hybridized carbons (Fsp3) is 0.394. The number of imide groups is 1. The molecule has 2 heterocycles. The van der Waals surface area contributed by atoms with Crippen LogP contribution in [0.5, 0.6) is 0 Å². The van der Waals surface area contributed by atoms with Crippen LogP contribution in [0.25, 0.3) is 22.5 Å². The Bertz CT molecular complexity index is 1840. The van der Waals surface area contributed by atoms with Gasteiger partial charge < -0.3 is 20.8 Å². The van der Waals surface area contributed by atoms with Crippen molar-refractivity contribution in [3.63, 3.8) is 0 Å². The van der Waals surface area contributed by atoms with Gasteiger partial charge in [0.15, 0.2) is 0 Å². The Morgan fingerprint density at radius 2 is 1.67 bits per heavy atom. The topological polar surface area (TPSA) is 222 Å². The lowest BCUT2D eigenvalue weighted by molar-refractivity contribution is -0.130. The predicted octanol–water partition coefficient (Wildman–Crippen LogP) is 2.67. The number of nitrogens with one attached hydrogen (secondary N) is 4. The number of benzene rings is 2. The van der Waals surface area contributed by atoms with Crippen LogP contribution in [0, 0.1) is 11.8 Å². The van der Waals surface area contributed by atoms with Crippen LogP contribution in [0.15, 0.2) is 64.3 Å². The van der Waals surface area contributed by atoms with E-state index in [9.17, 15) is 24.0 Å². The number of alkyl carbamates (subject to hydrolysis) is 1. The van der Waals surface area contributed by atoms with Crippen molar-refractivity contribution in [2.75, 3.05) is 11.4 Å². The second kappa shape index (κ2) is 14.5. The van der Waals surface area contributed by atoms with Gasteiger partial charge in [-0.2, -0.15) is 5.21 Å². The van der Waals surface area contributed by atoms with E-state index >= 15 is 0 Å². The molecular weight excluding hydrogens is 618 g/mol. The molecule has 0 bridgehead atoms. The summed E-state index contributed by atoms with van der Waals surface area (Å²) in [6.45, 7) is 5.85. The van der Waals surface area contributed by atoms with Gasteiger partial charge in [-0.1, -0.05) is 24.3 Å². The first-order valence-electron chi connectivity index (χ1n) is 15.7. The van der Waals surface area contributed by atoms with Gasteiger partial charge >= 0.3 is 11.8 Å². The minimum absolute atomic E-state index is 0.134. The zero-order valence-corrected chi connectivity index (χ0v) is 27.0. The number of aromatic amines is 3. The Morgan fingerprint density at radius 3 is 2.27 bits per heavy atom. The lowest BCUT2D eigenvalue weighted by Gasteiger charge is -2.32. The Balaban J connectivity index is 1.29. The largest absolute Gasteiger partial charge is 0.444 e. The summed E-state index contributed by atoms with van der Waals surface area (Å²) in [6.07, 6.45) is 3.48. The van der Waals surface area contributed by atoms with Crippen LogP contribution in [0.2, 0.25) is 0 Å². The smallest absolute Gasteiger partial charge is 0.407 e. The summed E-state index contributed by atoms with van der Waals surface area (Å²) in [7, 11) is 0. The molecule has 252 valence electrons. The molecule has 4 aromatic rings. The van der Waals surface area contributed by atoms with Crippen LogP contribution in [0.3, 0.4) is 0 Å². The van der Waals surface area contributed by atoms with Crippen molar-refractivity contribution < 1.29 is 19.1 Å². The van der Waals surface area contributed by atoms with Crippen molar-refractivity contribution in [2.45, 2.75) is 64.5 Å². The van der Waals surface area contributed by atoms with Crippen molar-refractivity contribution in [3.8, 4) is 22.5 Å². The van der Waals surface area contributed by atoms with Gasteiger partial charge in [-0.3, -0.25) is 19.4 Å². The molecule has 1 saturated carbocycles. The molecule has 6 N–H and O–H groups in total. The zero-order valence-electron chi connectivity index (χ0n) is 27.0. The number of hydrogen-bond acceptors (Lipinski definition) is 10. The highest BCUT2D eigenvalue weighted by molar-refractivity contribution is 6.17. The van der Waals surface area contributed by atoms with Gasteiger partial charge in [-0.05, 0) is 99.4 Å². The average molecular weight is 658 g/mol. The number of aromatic nitrogens is 6. The molecule has 1 fully saturated rings. The van der Waals surface area contributed by atoms with Crippen LogP contribution < -0.4 is 27.2 Å². The number of nitrogens with zero attached hydrogens (tertiary/aromatic N) is 4. The molecule has 0 unspecified atom stereocenters. The maximum atomic E-state index is 14.1. The number of anilines is 1. The van der Waals surface area contributed by atoms with Crippen LogP contribution in [0.4, 0.5) is 10.5 Å². The number of tetrazole rings is 1. The number of H-pyrrole nitrogens is 3. The molecule has 0 spiro atoms. The lowest BCUT2D eigenvalue weighted by atomic mass is 9.81. The zero-order chi connectivity index (χ0) is 34.4. The van der Waals surface area contributed by atoms with E-state index in [1.165, 1.54) is 11.1 Å². The number of rotatable bonds is 9. The van der Waals surface area contributed by atoms with Crippen LogP contribution >= 0.6 is 0 Å². The minimum atomic E-state index is -1.05. The van der Waals surface area contributed by atoms with E-state index in [-0.39, 0.29) is 23.8 Å². The van der Waals surface area contributed by atoms with Gasteiger partial charge in [0.1, 0.15) is 5.60 Å². The monoisotopic (exact) mass is 657 g/mol. The summed E-state index contributed by atoms with van der Waals surface area (Å²) in [4.78, 5) is 69.5. The molecule has 0 radical (unpaired) electrons. The normalized spacial score (nSPS) is 16.9. The highest BCUT2D eigenvalue weighted by Crippen LogP contribution is 2.32. The quantitative estimate of drug-likeness (QED) is 0.177. The van der Waals surface area contributed by atoms with Gasteiger partial charge in [-0.15, -0.1) is 10.2 Å². The molecule has 5 rings (SSSR count). The van der Waals surface area contributed by atoms with E-state index < -0.39 is 40.8 Å². The summed E-state index contributed by atoms with van der Waals surface area (Å²) >= 11 is 0. The summed E-state index contributed by atoms with van der Waals surface area (Å²) in [6, 6.07) is 12.5. The molecule has 2 aromatic heterocycles. The van der Waals surface area contributed by atoms with Gasteiger partial charge in [0.05, 0.1) is 17.3 Å².